The Labute approximate surface area is 74.6 Å². The van der Waals surface area contributed by atoms with Gasteiger partial charge in [-0.25, -0.2) is 0 Å². The van der Waals surface area contributed by atoms with E-state index in [1.807, 2.05) is 6.92 Å². The minimum absolute atomic E-state index is 0.0288. The molecule has 70 valence electrons. The van der Waals surface area contributed by atoms with Gasteiger partial charge >= 0.3 is 0 Å². The fourth-order valence-electron chi connectivity index (χ4n) is 1.35. The number of ether oxygens (including phenoxy) is 2. The molecule has 2 nitrogen and oxygen atoms in total. The summed E-state index contributed by atoms with van der Waals surface area (Å²) in [5.74, 6) is 0. The van der Waals surface area contributed by atoms with Crippen LogP contribution in [0.15, 0.2) is 12.2 Å². The Morgan fingerprint density at radius 1 is 1.75 bits per heavy atom. The molecule has 2 atom stereocenters. The Morgan fingerprint density at radius 3 is 2.67 bits per heavy atom. The summed E-state index contributed by atoms with van der Waals surface area (Å²) >= 11 is 0. The highest BCUT2D eigenvalue weighted by Gasteiger charge is 2.45. The van der Waals surface area contributed by atoms with Crippen LogP contribution in [0.2, 0.25) is 0 Å². The Bertz CT molecular complexity index is 173. The van der Waals surface area contributed by atoms with Crippen molar-refractivity contribution < 1.29 is 9.47 Å². The van der Waals surface area contributed by atoms with Crippen molar-refractivity contribution in [1.29, 1.82) is 0 Å². The van der Waals surface area contributed by atoms with Gasteiger partial charge in [-0.1, -0.05) is 19.1 Å². The van der Waals surface area contributed by atoms with Gasteiger partial charge in [0.2, 0.25) is 0 Å². The van der Waals surface area contributed by atoms with Crippen LogP contribution in [0, 0.1) is 0 Å². The predicted octanol–water partition coefficient (Wildman–Crippen LogP) is 2.15. The highest BCUT2D eigenvalue weighted by Crippen LogP contribution is 2.32. The first-order valence-electron chi connectivity index (χ1n) is 4.50. The van der Waals surface area contributed by atoms with Crippen LogP contribution in [-0.4, -0.2) is 24.9 Å². The quantitative estimate of drug-likeness (QED) is 0.602. The Morgan fingerprint density at radius 2 is 2.42 bits per heavy atom. The maximum absolute atomic E-state index is 5.76. The molecule has 0 N–H and O–H groups in total. The summed E-state index contributed by atoms with van der Waals surface area (Å²) in [5.41, 5.74) is 1.04. The Kier molecular flexibility index (Phi) is 2.91. The van der Waals surface area contributed by atoms with Crippen LogP contribution in [0.25, 0.3) is 0 Å². The smallest absolute Gasteiger partial charge is 0.117 e. The molecular weight excluding hydrogens is 152 g/mol. The third-order valence-electron chi connectivity index (χ3n) is 2.52. The number of rotatable bonds is 4. The second kappa shape index (κ2) is 3.58. The maximum Gasteiger partial charge on any atom is 0.117 e. The van der Waals surface area contributed by atoms with Gasteiger partial charge < -0.3 is 9.47 Å². The molecule has 0 saturated carbocycles. The average Bonchev–Trinajstić information content (AvgIpc) is 2.03. The summed E-state index contributed by atoms with van der Waals surface area (Å²) in [5, 5.41) is 0. The largest absolute Gasteiger partial charge is 0.372 e. The Hall–Kier alpha value is -0.340. The molecule has 1 saturated heterocycles. The van der Waals surface area contributed by atoms with Crippen molar-refractivity contribution in [3.8, 4) is 0 Å². The lowest BCUT2D eigenvalue weighted by atomic mass is 9.90. The molecule has 0 aromatic carbocycles. The van der Waals surface area contributed by atoms with E-state index >= 15 is 0 Å². The van der Waals surface area contributed by atoms with Gasteiger partial charge in [-0.15, -0.1) is 0 Å². The Balaban J connectivity index is 2.40. The molecule has 1 fully saturated rings. The zero-order chi connectivity index (χ0) is 9.19. The molecule has 1 aliphatic rings. The van der Waals surface area contributed by atoms with Crippen LogP contribution in [-0.2, 0) is 9.47 Å². The van der Waals surface area contributed by atoms with Gasteiger partial charge in [0.25, 0.3) is 0 Å². The SMILES string of the molecule is C=C(C)COC1(CC)COC1C. The standard InChI is InChI=1S/C10H18O2/c1-5-10(7-11-9(10)4)12-6-8(2)3/h9H,2,5-7H2,1,3-4H3. The topological polar surface area (TPSA) is 18.5 Å². The van der Waals surface area contributed by atoms with E-state index in [2.05, 4.69) is 20.4 Å². The highest BCUT2D eigenvalue weighted by atomic mass is 16.6. The molecule has 1 rings (SSSR count). The van der Waals surface area contributed by atoms with Crippen molar-refractivity contribution in [2.24, 2.45) is 0 Å². The lowest BCUT2D eigenvalue weighted by Gasteiger charge is -2.46. The van der Waals surface area contributed by atoms with Gasteiger partial charge in [0, 0.05) is 0 Å². The molecule has 0 spiro atoms. The maximum atomic E-state index is 5.76. The minimum Gasteiger partial charge on any atom is -0.372 e. The second-order valence-corrected chi connectivity index (χ2v) is 3.62. The van der Waals surface area contributed by atoms with Crippen LogP contribution >= 0.6 is 0 Å². The van der Waals surface area contributed by atoms with E-state index in [0.29, 0.717) is 6.61 Å². The first-order chi connectivity index (χ1) is 5.60. The molecule has 1 heterocycles. The second-order valence-electron chi connectivity index (χ2n) is 3.62. The van der Waals surface area contributed by atoms with E-state index in [1.54, 1.807) is 0 Å². The van der Waals surface area contributed by atoms with E-state index in [-0.39, 0.29) is 11.7 Å². The minimum atomic E-state index is -0.0288. The molecule has 2 unspecified atom stereocenters. The first kappa shape index (κ1) is 9.75. The molecule has 0 radical (unpaired) electrons. The van der Waals surface area contributed by atoms with Gasteiger partial charge in [0.1, 0.15) is 5.60 Å². The molecule has 0 aromatic heterocycles. The van der Waals surface area contributed by atoms with Crippen LogP contribution in [0.3, 0.4) is 0 Å². The van der Waals surface area contributed by atoms with E-state index in [4.69, 9.17) is 9.47 Å². The fourth-order valence-corrected chi connectivity index (χ4v) is 1.35. The highest BCUT2D eigenvalue weighted by molar-refractivity contribution is 4.97. The lowest BCUT2D eigenvalue weighted by molar-refractivity contribution is -0.252. The average molecular weight is 170 g/mol. The zero-order valence-corrected chi connectivity index (χ0v) is 8.22. The summed E-state index contributed by atoms with van der Waals surface area (Å²) in [7, 11) is 0. The van der Waals surface area contributed by atoms with Crippen molar-refractivity contribution >= 4 is 0 Å². The molecule has 12 heavy (non-hydrogen) atoms. The summed E-state index contributed by atoms with van der Waals surface area (Å²) in [6.07, 6.45) is 1.25. The van der Waals surface area contributed by atoms with Gasteiger partial charge in [-0.2, -0.15) is 0 Å². The first-order valence-corrected chi connectivity index (χ1v) is 4.50. The van der Waals surface area contributed by atoms with E-state index in [0.717, 1.165) is 18.6 Å². The van der Waals surface area contributed by atoms with E-state index in [1.165, 1.54) is 0 Å². The number of hydrogen-bond acceptors (Lipinski definition) is 2. The summed E-state index contributed by atoms with van der Waals surface area (Å²) in [6.45, 7) is 11.4. The van der Waals surface area contributed by atoms with Gasteiger partial charge in [-0.05, 0) is 20.3 Å². The normalized spacial score (nSPS) is 34.4. The third-order valence-corrected chi connectivity index (χ3v) is 2.52. The van der Waals surface area contributed by atoms with Crippen LogP contribution in [0.1, 0.15) is 27.2 Å². The van der Waals surface area contributed by atoms with E-state index in [9.17, 15) is 0 Å². The molecular formula is C10H18O2. The summed E-state index contributed by atoms with van der Waals surface area (Å²) in [4.78, 5) is 0. The lowest BCUT2D eigenvalue weighted by Crippen LogP contribution is -2.58. The van der Waals surface area contributed by atoms with Crippen molar-refractivity contribution in [2.75, 3.05) is 13.2 Å². The van der Waals surface area contributed by atoms with E-state index < -0.39 is 0 Å². The van der Waals surface area contributed by atoms with Crippen LogP contribution < -0.4 is 0 Å². The summed E-state index contributed by atoms with van der Waals surface area (Å²) in [6, 6.07) is 0. The van der Waals surface area contributed by atoms with Crippen molar-refractivity contribution in [3.05, 3.63) is 12.2 Å². The molecule has 0 aromatic rings. The van der Waals surface area contributed by atoms with Gasteiger partial charge in [0.15, 0.2) is 0 Å². The van der Waals surface area contributed by atoms with Crippen molar-refractivity contribution in [2.45, 2.75) is 38.9 Å². The molecule has 0 aliphatic carbocycles. The van der Waals surface area contributed by atoms with Crippen molar-refractivity contribution in [3.63, 3.8) is 0 Å². The van der Waals surface area contributed by atoms with Gasteiger partial charge in [0.05, 0.1) is 19.3 Å². The fraction of sp³-hybridized carbons (Fsp3) is 0.800. The van der Waals surface area contributed by atoms with Crippen LogP contribution in [0.5, 0.6) is 0 Å². The summed E-state index contributed by atoms with van der Waals surface area (Å²) < 4.78 is 11.1. The molecule has 1 aliphatic heterocycles. The third kappa shape index (κ3) is 1.70. The zero-order valence-electron chi connectivity index (χ0n) is 8.22. The van der Waals surface area contributed by atoms with Crippen LogP contribution in [0.4, 0.5) is 0 Å². The predicted molar refractivity (Wildman–Crippen MR) is 49.2 cm³/mol. The molecule has 0 bridgehead atoms. The number of hydrogen-bond donors (Lipinski definition) is 0. The monoisotopic (exact) mass is 170 g/mol. The molecule has 0 amide bonds. The van der Waals surface area contributed by atoms with Gasteiger partial charge in [-0.3, -0.25) is 0 Å². The van der Waals surface area contributed by atoms with Crippen molar-refractivity contribution in [1.82, 2.24) is 0 Å². The molecule has 2 heteroatoms.